The number of benzene rings is 1. The first kappa shape index (κ1) is 18.6. The summed E-state index contributed by atoms with van der Waals surface area (Å²) in [4.78, 5) is 40.3. The second-order valence-electron chi connectivity index (χ2n) is 5.16. The number of hydrogen-bond acceptors (Lipinski definition) is 8. The molecule has 0 saturated heterocycles. The van der Waals surface area contributed by atoms with Crippen LogP contribution in [-0.4, -0.2) is 47.5 Å². The molecule has 0 unspecified atom stereocenters. The SMILES string of the molecule is COC(=O)c1cc(O)c(O)c(O)c1.Cn1c(=O)c2[nH]cnc2n(C)c1=O. The Hall–Kier alpha value is -3.76. The number of fused-ring (bicyclic) bond motifs is 1. The van der Waals surface area contributed by atoms with Crippen LogP contribution in [0.1, 0.15) is 10.4 Å². The first-order valence-corrected chi connectivity index (χ1v) is 7.11. The topological polar surface area (TPSA) is 160 Å². The van der Waals surface area contributed by atoms with Gasteiger partial charge in [-0.2, -0.15) is 0 Å². The Kier molecular flexibility index (Phi) is 5.01. The van der Waals surface area contributed by atoms with Crippen molar-refractivity contribution >= 4 is 17.1 Å². The number of imidazole rings is 1. The summed E-state index contributed by atoms with van der Waals surface area (Å²) in [5.41, 5.74) is -0.0202. The van der Waals surface area contributed by atoms with Crippen LogP contribution in [0.25, 0.3) is 11.2 Å². The number of phenolic OH excluding ortho intramolecular Hbond substituents is 3. The van der Waals surface area contributed by atoms with Crippen LogP contribution in [0.15, 0.2) is 28.0 Å². The van der Waals surface area contributed by atoms with Gasteiger partial charge in [-0.25, -0.2) is 14.6 Å². The zero-order valence-corrected chi connectivity index (χ0v) is 14.0. The maximum Gasteiger partial charge on any atom is 0.338 e. The number of aromatic nitrogens is 4. The quantitative estimate of drug-likeness (QED) is 0.334. The summed E-state index contributed by atoms with van der Waals surface area (Å²) < 4.78 is 6.71. The molecule has 0 fully saturated rings. The van der Waals surface area contributed by atoms with Crippen LogP contribution in [0, 0.1) is 0 Å². The predicted octanol–water partition coefficient (Wildman–Crippen LogP) is -0.450. The summed E-state index contributed by atoms with van der Waals surface area (Å²) >= 11 is 0. The van der Waals surface area contributed by atoms with Gasteiger partial charge in [-0.1, -0.05) is 0 Å². The molecule has 0 aliphatic rings. The highest BCUT2D eigenvalue weighted by Gasteiger charge is 2.13. The van der Waals surface area contributed by atoms with Gasteiger partial charge in [0.05, 0.1) is 19.0 Å². The molecule has 0 radical (unpaired) electrons. The molecule has 0 spiro atoms. The van der Waals surface area contributed by atoms with Gasteiger partial charge < -0.3 is 25.0 Å². The van der Waals surface area contributed by atoms with Crippen molar-refractivity contribution in [1.82, 2.24) is 19.1 Å². The molecule has 11 nitrogen and oxygen atoms in total. The van der Waals surface area contributed by atoms with Crippen LogP contribution >= 0.6 is 0 Å². The fourth-order valence-electron chi connectivity index (χ4n) is 2.11. The van der Waals surface area contributed by atoms with Gasteiger partial charge in [-0.15, -0.1) is 0 Å². The molecule has 0 atom stereocenters. The summed E-state index contributed by atoms with van der Waals surface area (Å²) in [6.45, 7) is 0. The van der Waals surface area contributed by atoms with Crippen LogP contribution in [0.4, 0.5) is 0 Å². The second-order valence-corrected chi connectivity index (χ2v) is 5.16. The molecule has 1 aromatic carbocycles. The third kappa shape index (κ3) is 3.22. The van der Waals surface area contributed by atoms with Gasteiger partial charge in [-0.05, 0) is 12.1 Å². The van der Waals surface area contributed by atoms with E-state index < -0.39 is 23.2 Å². The van der Waals surface area contributed by atoms with E-state index in [2.05, 4.69) is 14.7 Å². The number of H-pyrrole nitrogens is 1. The van der Waals surface area contributed by atoms with E-state index in [4.69, 9.17) is 15.3 Å². The van der Waals surface area contributed by atoms with E-state index in [1.54, 1.807) is 7.05 Å². The van der Waals surface area contributed by atoms with Crippen molar-refractivity contribution in [2.75, 3.05) is 7.11 Å². The molecule has 138 valence electrons. The average Bonchev–Trinajstić information content (AvgIpc) is 3.12. The summed E-state index contributed by atoms with van der Waals surface area (Å²) in [6.07, 6.45) is 1.39. The molecule has 3 rings (SSSR count). The Bertz CT molecular complexity index is 1070. The van der Waals surface area contributed by atoms with Gasteiger partial charge in [0, 0.05) is 14.1 Å². The number of nitrogens with one attached hydrogen (secondary N) is 1. The average molecular weight is 364 g/mol. The number of carbonyl (C=O) groups is 1. The highest BCUT2D eigenvalue weighted by molar-refractivity contribution is 5.90. The molecule has 0 amide bonds. The standard InChI is InChI=1S/C8H8O5.C7H8N4O2/c1-13-8(12)4-2-5(9)7(11)6(10)3-4;1-10-5-4(8-3-9-5)6(12)11(2)7(10)13/h2-3,9-11H,1H3;3H,1-2H3,(H,8,9). The number of carbonyl (C=O) groups excluding carboxylic acids is 1. The van der Waals surface area contributed by atoms with Crippen molar-refractivity contribution in [3.05, 3.63) is 44.9 Å². The number of esters is 1. The zero-order valence-electron chi connectivity index (χ0n) is 14.0. The predicted molar refractivity (Wildman–Crippen MR) is 89.4 cm³/mol. The van der Waals surface area contributed by atoms with Crippen molar-refractivity contribution in [2.45, 2.75) is 0 Å². The number of methoxy groups -OCH3 is 1. The lowest BCUT2D eigenvalue weighted by Crippen LogP contribution is -2.36. The molecular formula is C15H16N4O7. The Morgan fingerprint density at radius 2 is 1.69 bits per heavy atom. The fraction of sp³-hybridized carbons (Fsp3) is 0.200. The molecule has 26 heavy (non-hydrogen) atoms. The van der Waals surface area contributed by atoms with E-state index >= 15 is 0 Å². The lowest BCUT2D eigenvalue weighted by Gasteiger charge is -2.03. The molecule has 4 N–H and O–H groups in total. The normalized spacial score (nSPS) is 10.3. The molecule has 2 heterocycles. The maximum atomic E-state index is 11.4. The monoisotopic (exact) mass is 364 g/mol. The molecule has 0 aliphatic heterocycles. The van der Waals surface area contributed by atoms with Crippen molar-refractivity contribution < 1.29 is 24.9 Å². The number of ether oxygens (including phenoxy) is 1. The molecule has 0 bridgehead atoms. The number of rotatable bonds is 1. The van der Waals surface area contributed by atoms with Gasteiger partial charge in [0.1, 0.15) is 5.52 Å². The molecule has 2 aromatic heterocycles. The van der Waals surface area contributed by atoms with Gasteiger partial charge in [0.15, 0.2) is 22.9 Å². The molecule has 11 heteroatoms. The first-order valence-electron chi connectivity index (χ1n) is 7.11. The highest BCUT2D eigenvalue weighted by Crippen LogP contribution is 2.35. The van der Waals surface area contributed by atoms with Crippen LogP contribution in [0.2, 0.25) is 0 Å². The van der Waals surface area contributed by atoms with Gasteiger partial charge in [0.2, 0.25) is 0 Å². The van der Waals surface area contributed by atoms with E-state index in [9.17, 15) is 14.4 Å². The number of aryl methyl sites for hydroxylation is 1. The molecule has 0 saturated carbocycles. The maximum absolute atomic E-state index is 11.4. The minimum absolute atomic E-state index is 0.0321. The molecular weight excluding hydrogens is 348 g/mol. The zero-order chi connectivity index (χ0) is 19.6. The number of nitrogens with zero attached hydrogens (tertiary/aromatic N) is 3. The number of hydrogen-bond donors (Lipinski definition) is 4. The second kappa shape index (κ2) is 7.01. The van der Waals surface area contributed by atoms with Gasteiger partial charge >= 0.3 is 11.7 Å². The lowest BCUT2D eigenvalue weighted by atomic mass is 10.2. The Labute approximate surface area is 145 Å². The molecule has 0 aliphatic carbocycles. The van der Waals surface area contributed by atoms with E-state index in [1.807, 2.05) is 0 Å². The number of aromatic amines is 1. The third-order valence-electron chi connectivity index (χ3n) is 3.52. The van der Waals surface area contributed by atoms with Gasteiger partial charge in [0.25, 0.3) is 5.56 Å². The highest BCUT2D eigenvalue weighted by atomic mass is 16.5. The first-order chi connectivity index (χ1) is 12.2. The lowest BCUT2D eigenvalue weighted by molar-refractivity contribution is 0.0599. The van der Waals surface area contributed by atoms with E-state index in [-0.39, 0.29) is 16.8 Å². The van der Waals surface area contributed by atoms with Crippen molar-refractivity contribution in [3.63, 3.8) is 0 Å². The largest absolute Gasteiger partial charge is 0.504 e. The summed E-state index contributed by atoms with van der Waals surface area (Å²) in [5, 5.41) is 26.9. The minimum Gasteiger partial charge on any atom is -0.504 e. The van der Waals surface area contributed by atoms with Crippen LogP contribution in [-0.2, 0) is 18.8 Å². The summed E-state index contributed by atoms with van der Waals surface area (Å²) in [6, 6.07) is 2.00. The number of phenols is 3. The van der Waals surface area contributed by atoms with E-state index in [0.717, 1.165) is 16.7 Å². The minimum atomic E-state index is -0.703. The van der Waals surface area contributed by atoms with Crippen molar-refractivity contribution in [1.29, 1.82) is 0 Å². The smallest absolute Gasteiger partial charge is 0.338 e. The van der Waals surface area contributed by atoms with E-state index in [0.29, 0.717) is 11.2 Å². The van der Waals surface area contributed by atoms with Crippen LogP contribution in [0.3, 0.4) is 0 Å². The Morgan fingerprint density at radius 3 is 2.23 bits per heavy atom. The fourth-order valence-corrected chi connectivity index (χ4v) is 2.11. The van der Waals surface area contributed by atoms with Crippen LogP contribution < -0.4 is 11.2 Å². The van der Waals surface area contributed by atoms with E-state index in [1.165, 1.54) is 25.1 Å². The van der Waals surface area contributed by atoms with Gasteiger partial charge in [-0.3, -0.25) is 13.9 Å². The van der Waals surface area contributed by atoms with Crippen LogP contribution in [0.5, 0.6) is 17.2 Å². The van der Waals surface area contributed by atoms with Crippen molar-refractivity contribution in [3.8, 4) is 17.2 Å². The Morgan fingerprint density at radius 1 is 1.12 bits per heavy atom. The summed E-state index contributed by atoms with van der Waals surface area (Å²) in [7, 11) is 4.18. The third-order valence-corrected chi connectivity index (χ3v) is 3.52. The molecule has 3 aromatic rings. The summed E-state index contributed by atoms with van der Waals surface area (Å²) in [5.74, 6) is -2.50. The Balaban J connectivity index is 0.000000187. The van der Waals surface area contributed by atoms with Crippen molar-refractivity contribution in [2.24, 2.45) is 14.1 Å². The number of aromatic hydroxyl groups is 3.